The van der Waals surface area contributed by atoms with E-state index >= 15 is 0 Å². The molecule has 0 heterocycles. The molecule has 0 aliphatic rings. The quantitative estimate of drug-likeness (QED) is 0.860. The van der Waals surface area contributed by atoms with Crippen molar-refractivity contribution in [2.75, 3.05) is 0 Å². The Labute approximate surface area is 128 Å². The third kappa shape index (κ3) is 4.31. The minimum absolute atomic E-state index is 0.0116. The van der Waals surface area contributed by atoms with Gasteiger partial charge in [0.15, 0.2) is 0 Å². The number of halogens is 1. The summed E-state index contributed by atoms with van der Waals surface area (Å²) in [6.07, 6.45) is 0.836. The molecule has 0 radical (unpaired) electrons. The van der Waals surface area contributed by atoms with Gasteiger partial charge >= 0.3 is 5.97 Å². The zero-order chi connectivity index (χ0) is 15.2. The Bertz CT molecular complexity index is 608. The number of rotatable bonds is 6. The molecule has 1 atom stereocenters. The third-order valence-electron chi connectivity index (χ3n) is 3.46. The zero-order valence-electron chi connectivity index (χ0n) is 11.5. The van der Waals surface area contributed by atoms with E-state index in [4.69, 9.17) is 16.7 Å². The second kappa shape index (κ2) is 7.25. The van der Waals surface area contributed by atoms with Crippen molar-refractivity contribution in [1.82, 2.24) is 0 Å². The molecule has 1 unspecified atom stereocenters. The Hall–Kier alpha value is -1.84. The van der Waals surface area contributed by atoms with E-state index in [1.807, 2.05) is 42.5 Å². The highest BCUT2D eigenvalue weighted by Gasteiger charge is 2.19. The number of hydrogen-bond acceptors (Lipinski definition) is 2. The number of carboxylic acid groups (broad SMARTS) is 1. The number of carbonyl (C=O) groups is 1. The van der Waals surface area contributed by atoms with E-state index in [0.29, 0.717) is 17.9 Å². The van der Waals surface area contributed by atoms with Crippen LogP contribution in [0.15, 0.2) is 48.5 Å². The van der Waals surface area contributed by atoms with E-state index in [9.17, 15) is 9.90 Å². The van der Waals surface area contributed by atoms with Gasteiger partial charge in [-0.3, -0.25) is 4.79 Å². The number of hydrogen-bond donors (Lipinski definition) is 2. The Balaban J connectivity index is 2.12. The number of benzene rings is 2. The van der Waals surface area contributed by atoms with E-state index in [0.717, 1.165) is 16.7 Å². The highest BCUT2D eigenvalue weighted by molar-refractivity contribution is 6.31. The Morgan fingerprint density at radius 2 is 1.62 bits per heavy atom. The lowest BCUT2D eigenvalue weighted by molar-refractivity contribution is -0.141. The molecule has 110 valence electrons. The largest absolute Gasteiger partial charge is 0.481 e. The van der Waals surface area contributed by atoms with Crippen LogP contribution in [-0.4, -0.2) is 16.2 Å². The van der Waals surface area contributed by atoms with Crippen LogP contribution in [0.2, 0.25) is 5.02 Å². The molecular weight excluding hydrogens is 288 g/mol. The summed E-state index contributed by atoms with van der Waals surface area (Å²) in [5, 5.41) is 19.0. The fourth-order valence-electron chi connectivity index (χ4n) is 2.24. The number of aliphatic hydroxyl groups is 1. The number of aliphatic hydroxyl groups excluding tert-OH is 1. The van der Waals surface area contributed by atoms with Gasteiger partial charge in [0.2, 0.25) is 0 Å². The van der Waals surface area contributed by atoms with Gasteiger partial charge in [-0.15, -0.1) is 0 Å². The molecule has 4 heteroatoms. The van der Waals surface area contributed by atoms with Gasteiger partial charge < -0.3 is 10.2 Å². The van der Waals surface area contributed by atoms with E-state index in [1.165, 1.54) is 0 Å². The zero-order valence-corrected chi connectivity index (χ0v) is 12.3. The first kappa shape index (κ1) is 15.5. The van der Waals surface area contributed by atoms with Gasteiger partial charge in [0.25, 0.3) is 0 Å². The summed E-state index contributed by atoms with van der Waals surface area (Å²) in [5.41, 5.74) is 2.60. The molecule has 0 bridgehead atoms. The van der Waals surface area contributed by atoms with Gasteiger partial charge in [0.05, 0.1) is 12.5 Å². The summed E-state index contributed by atoms with van der Waals surface area (Å²) in [7, 11) is 0. The molecule has 2 aromatic rings. The van der Waals surface area contributed by atoms with Crippen LogP contribution in [0.25, 0.3) is 0 Å². The van der Waals surface area contributed by atoms with E-state index in [1.54, 1.807) is 6.07 Å². The first-order valence-corrected chi connectivity index (χ1v) is 7.13. The molecule has 0 amide bonds. The smallest absolute Gasteiger partial charge is 0.307 e. The molecule has 0 fully saturated rings. The maximum absolute atomic E-state index is 11.5. The van der Waals surface area contributed by atoms with Gasteiger partial charge in [-0.1, -0.05) is 54.1 Å². The van der Waals surface area contributed by atoms with Crippen LogP contribution in [0.3, 0.4) is 0 Å². The molecule has 21 heavy (non-hydrogen) atoms. The van der Waals surface area contributed by atoms with Crippen LogP contribution in [0, 0.1) is 5.92 Å². The van der Waals surface area contributed by atoms with Crippen LogP contribution in [0.1, 0.15) is 16.7 Å². The van der Waals surface area contributed by atoms with Crippen molar-refractivity contribution >= 4 is 17.6 Å². The second-order valence-electron chi connectivity index (χ2n) is 5.01. The van der Waals surface area contributed by atoms with Crippen molar-refractivity contribution in [2.45, 2.75) is 19.4 Å². The van der Waals surface area contributed by atoms with E-state index in [2.05, 4.69) is 0 Å². The van der Waals surface area contributed by atoms with Gasteiger partial charge in [0, 0.05) is 5.02 Å². The highest BCUT2D eigenvalue weighted by Crippen LogP contribution is 2.21. The summed E-state index contributed by atoms with van der Waals surface area (Å²) in [5.74, 6) is -1.36. The van der Waals surface area contributed by atoms with Crippen LogP contribution < -0.4 is 0 Å². The van der Waals surface area contributed by atoms with Crippen LogP contribution in [-0.2, 0) is 24.2 Å². The predicted octanol–water partition coefficient (Wildman–Crippen LogP) is 3.32. The average Bonchev–Trinajstić information content (AvgIpc) is 2.49. The standard InChI is InChI=1S/C17H17ClO3/c18-16-4-2-1-3-14(16)10-15(17(20)21)9-12-5-7-13(11-19)8-6-12/h1-8,15,19H,9-11H2,(H,20,21). The summed E-state index contributed by atoms with van der Waals surface area (Å²) in [6.45, 7) is -0.0116. The maximum atomic E-state index is 11.5. The first-order chi connectivity index (χ1) is 10.1. The van der Waals surface area contributed by atoms with Crippen molar-refractivity contribution in [3.63, 3.8) is 0 Å². The summed E-state index contributed by atoms with van der Waals surface area (Å²) < 4.78 is 0. The second-order valence-corrected chi connectivity index (χ2v) is 5.42. The summed E-state index contributed by atoms with van der Waals surface area (Å²) in [6, 6.07) is 14.6. The molecule has 2 aromatic carbocycles. The maximum Gasteiger partial charge on any atom is 0.307 e. The average molecular weight is 305 g/mol. The summed E-state index contributed by atoms with van der Waals surface area (Å²) >= 11 is 6.09. The van der Waals surface area contributed by atoms with Crippen LogP contribution in [0.5, 0.6) is 0 Å². The van der Waals surface area contributed by atoms with E-state index < -0.39 is 11.9 Å². The van der Waals surface area contributed by atoms with Crippen LogP contribution >= 0.6 is 11.6 Å². The van der Waals surface area contributed by atoms with Crippen molar-refractivity contribution < 1.29 is 15.0 Å². The molecule has 0 aliphatic carbocycles. The number of aliphatic carboxylic acids is 1. The Morgan fingerprint density at radius 1 is 1.00 bits per heavy atom. The van der Waals surface area contributed by atoms with Gasteiger partial charge in [0.1, 0.15) is 0 Å². The van der Waals surface area contributed by atoms with Crippen molar-refractivity contribution in [3.05, 3.63) is 70.2 Å². The van der Waals surface area contributed by atoms with Gasteiger partial charge in [-0.05, 0) is 35.6 Å². The number of carboxylic acids is 1. The lowest BCUT2D eigenvalue weighted by atomic mass is 9.92. The molecule has 3 nitrogen and oxygen atoms in total. The molecule has 0 saturated heterocycles. The highest BCUT2D eigenvalue weighted by atomic mass is 35.5. The minimum atomic E-state index is -0.832. The molecule has 2 rings (SSSR count). The topological polar surface area (TPSA) is 57.5 Å². The lowest BCUT2D eigenvalue weighted by Crippen LogP contribution is -2.19. The molecule has 2 N–H and O–H groups in total. The molecule has 0 saturated carbocycles. The first-order valence-electron chi connectivity index (χ1n) is 6.75. The fraction of sp³-hybridized carbons (Fsp3) is 0.235. The van der Waals surface area contributed by atoms with Crippen LogP contribution in [0.4, 0.5) is 0 Å². The van der Waals surface area contributed by atoms with E-state index in [-0.39, 0.29) is 6.61 Å². The SMILES string of the molecule is O=C(O)C(Cc1ccc(CO)cc1)Cc1ccccc1Cl. The Kier molecular flexibility index (Phi) is 5.37. The minimum Gasteiger partial charge on any atom is -0.481 e. The van der Waals surface area contributed by atoms with Crippen molar-refractivity contribution in [1.29, 1.82) is 0 Å². The molecular formula is C17H17ClO3. The van der Waals surface area contributed by atoms with Crippen molar-refractivity contribution in [3.8, 4) is 0 Å². The monoisotopic (exact) mass is 304 g/mol. The summed E-state index contributed by atoms with van der Waals surface area (Å²) in [4.78, 5) is 11.5. The van der Waals surface area contributed by atoms with Gasteiger partial charge in [-0.25, -0.2) is 0 Å². The lowest BCUT2D eigenvalue weighted by Gasteiger charge is -2.14. The molecule has 0 aromatic heterocycles. The molecule has 0 aliphatic heterocycles. The fourth-order valence-corrected chi connectivity index (χ4v) is 2.45. The molecule has 0 spiro atoms. The Morgan fingerprint density at radius 3 is 2.19 bits per heavy atom. The van der Waals surface area contributed by atoms with Gasteiger partial charge in [-0.2, -0.15) is 0 Å². The normalized spacial score (nSPS) is 12.1. The predicted molar refractivity (Wildman–Crippen MR) is 82.4 cm³/mol. The third-order valence-corrected chi connectivity index (χ3v) is 3.83. The van der Waals surface area contributed by atoms with Crippen molar-refractivity contribution in [2.24, 2.45) is 5.92 Å².